The van der Waals surface area contributed by atoms with Crippen LogP contribution in [0.25, 0.3) is 0 Å². The molecule has 0 aromatic rings. The summed E-state index contributed by atoms with van der Waals surface area (Å²) in [4.78, 5) is 11.4. The Balaban J connectivity index is 3.23. The van der Waals surface area contributed by atoms with Gasteiger partial charge in [-0.05, 0) is 20.8 Å². The molecule has 9 nitrogen and oxygen atoms in total. The van der Waals surface area contributed by atoms with Gasteiger partial charge in [-0.15, -0.1) is 0 Å². The SMILES string of the molecule is CC(C)(C)OC(=O)COCCOCCOCCOCCOS(C)(=O)=O. The number of rotatable bonds is 15. The highest BCUT2D eigenvalue weighted by Gasteiger charge is 2.15. The number of esters is 1. The summed E-state index contributed by atoms with van der Waals surface area (Å²) < 4.78 is 51.7. The van der Waals surface area contributed by atoms with E-state index in [0.29, 0.717) is 39.6 Å². The van der Waals surface area contributed by atoms with Crippen LogP contribution in [0.3, 0.4) is 0 Å². The van der Waals surface area contributed by atoms with Gasteiger partial charge in [-0.25, -0.2) is 4.79 Å². The van der Waals surface area contributed by atoms with Crippen molar-refractivity contribution in [1.82, 2.24) is 0 Å². The van der Waals surface area contributed by atoms with E-state index in [0.717, 1.165) is 6.26 Å². The monoisotopic (exact) mass is 386 g/mol. The minimum atomic E-state index is -3.42. The fourth-order valence-corrected chi connectivity index (χ4v) is 1.80. The van der Waals surface area contributed by atoms with Gasteiger partial charge in [-0.3, -0.25) is 4.18 Å². The first-order valence-corrected chi connectivity index (χ1v) is 9.79. The maximum Gasteiger partial charge on any atom is 0.332 e. The molecule has 0 N–H and O–H groups in total. The lowest BCUT2D eigenvalue weighted by atomic mass is 10.2. The van der Waals surface area contributed by atoms with Gasteiger partial charge < -0.3 is 23.7 Å². The van der Waals surface area contributed by atoms with E-state index in [1.165, 1.54) is 0 Å². The number of carbonyl (C=O) groups is 1. The summed E-state index contributed by atoms with van der Waals surface area (Å²) in [6.45, 7) is 7.61. The van der Waals surface area contributed by atoms with Gasteiger partial charge >= 0.3 is 5.97 Å². The lowest BCUT2D eigenvalue weighted by Gasteiger charge is -2.19. The number of hydrogen-bond donors (Lipinski definition) is 0. The van der Waals surface area contributed by atoms with Crippen molar-refractivity contribution < 1.29 is 41.1 Å². The zero-order valence-electron chi connectivity index (χ0n) is 15.4. The Hall–Kier alpha value is -0.780. The Kier molecular flexibility index (Phi) is 13.0. The fourth-order valence-electron chi connectivity index (χ4n) is 1.43. The van der Waals surface area contributed by atoms with Crippen molar-refractivity contribution in [2.24, 2.45) is 0 Å². The van der Waals surface area contributed by atoms with Crippen LogP contribution in [0.2, 0.25) is 0 Å². The highest BCUT2D eigenvalue weighted by atomic mass is 32.2. The second-order valence-corrected chi connectivity index (χ2v) is 7.65. The summed E-state index contributed by atoms with van der Waals surface area (Å²) in [5.74, 6) is -0.405. The first-order chi connectivity index (χ1) is 11.6. The zero-order chi connectivity index (χ0) is 19.2. The molecule has 0 aromatic carbocycles. The third-order valence-corrected chi connectivity index (χ3v) is 2.88. The first-order valence-electron chi connectivity index (χ1n) is 7.97. The summed E-state index contributed by atoms with van der Waals surface area (Å²) in [5.41, 5.74) is -0.515. The van der Waals surface area contributed by atoms with Gasteiger partial charge in [0.05, 0.1) is 59.1 Å². The summed E-state index contributed by atoms with van der Waals surface area (Å²) in [7, 11) is -3.42. The largest absolute Gasteiger partial charge is 0.458 e. The van der Waals surface area contributed by atoms with Crippen molar-refractivity contribution in [3.63, 3.8) is 0 Å². The second-order valence-electron chi connectivity index (χ2n) is 6.00. The van der Waals surface area contributed by atoms with E-state index in [4.69, 9.17) is 23.7 Å². The molecule has 0 aliphatic carbocycles. The van der Waals surface area contributed by atoms with Crippen molar-refractivity contribution in [2.75, 3.05) is 65.7 Å². The molecule has 0 unspecified atom stereocenters. The minimum Gasteiger partial charge on any atom is -0.458 e. The smallest absolute Gasteiger partial charge is 0.332 e. The Morgan fingerprint density at radius 2 is 1.16 bits per heavy atom. The topological polar surface area (TPSA) is 107 Å². The van der Waals surface area contributed by atoms with Crippen molar-refractivity contribution in [3.8, 4) is 0 Å². The maximum absolute atomic E-state index is 11.4. The minimum absolute atomic E-state index is 0.00869. The van der Waals surface area contributed by atoms with Crippen molar-refractivity contribution in [3.05, 3.63) is 0 Å². The van der Waals surface area contributed by atoms with Crippen molar-refractivity contribution in [2.45, 2.75) is 26.4 Å². The van der Waals surface area contributed by atoms with Crippen molar-refractivity contribution >= 4 is 16.1 Å². The summed E-state index contributed by atoms with van der Waals surface area (Å²) in [5, 5.41) is 0. The molecule has 0 rings (SSSR count). The molecule has 0 aliphatic heterocycles. The number of ether oxygens (including phenoxy) is 5. The van der Waals surface area contributed by atoms with Gasteiger partial charge in [0.2, 0.25) is 0 Å². The predicted molar refractivity (Wildman–Crippen MR) is 89.9 cm³/mol. The van der Waals surface area contributed by atoms with Gasteiger partial charge in [0.15, 0.2) is 0 Å². The summed E-state index contributed by atoms with van der Waals surface area (Å²) in [6, 6.07) is 0. The Bertz CT molecular complexity index is 442. The fraction of sp³-hybridized carbons (Fsp3) is 0.933. The van der Waals surface area contributed by atoms with Crippen LogP contribution in [0.15, 0.2) is 0 Å². The molecular formula is C15H30O9S. The first kappa shape index (κ1) is 24.2. The van der Waals surface area contributed by atoms with E-state index in [9.17, 15) is 13.2 Å². The lowest BCUT2D eigenvalue weighted by molar-refractivity contribution is -0.160. The van der Waals surface area contributed by atoms with E-state index in [-0.39, 0.29) is 19.8 Å². The van der Waals surface area contributed by atoms with Gasteiger partial charge in [-0.1, -0.05) is 0 Å². The van der Waals surface area contributed by atoms with Gasteiger partial charge in [0, 0.05) is 0 Å². The normalized spacial score (nSPS) is 12.3. The molecule has 150 valence electrons. The molecule has 0 spiro atoms. The highest BCUT2D eigenvalue weighted by Crippen LogP contribution is 2.06. The molecule has 0 atom stereocenters. The molecular weight excluding hydrogens is 356 g/mol. The highest BCUT2D eigenvalue weighted by molar-refractivity contribution is 7.85. The number of carbonyl (C=O) groups excluding carboxylic acids is 1. The molecule has 0 aromatic heterocycles. The summed E-state index contributed by atoms with van der Waals surface area (Å²) >= 11 is 0. The van der Waals surface area contributed by atoms with E-state index in [2.05, 4.69) is 4.18 Å². The molecule has 0 saturated heterocycles. The molecule has 10 heteroatoms. The number of hydrogen-bond acceptors (Lipinski definition) is 9. The van der Waals surface area contributed by atoms with Crippen LogP contribution < -0.4 is 0 Å². The van der Waals surface area contributed by atoms with Gasteiger partial charge in [0.1, 0.15) is 12.2 Å². The maximum atomic E-state index is 11.4. The molecule has 0 radical (unpaired) electrons. The van der Waals surface area contributed by atoms with Crippen LogP contribution in [0.4, 0.5) is 0 Å². The standard InChI is InChI=1S/C15H30O9S/c1-15(2,3)24-14(16)13-22-10-9-20-6-5-19-7-8-21-11-12-23-25(4,17)18/h5-13H2,1-4H3. The zero-order valence-corrected chi connectivity index (χ0v) is 16.3. The van der Waals surface area contributed by atoms with E-state index in [1.54, 1.807) is 20.8 Å². The van der Waals surface area contributed by atoms with Crippen LogP contribution in [0.5, 0.6) is 0 Å². The summed E-state index contributed by atoms with van der Waals surface area (Å²) in [6.07, 6.45) is 0.985. The lowest BCUT2D eigenvalue weighted by Crippen LogP contribution is -2.27. The molecule has 0 amide bonds. The van der Waals surface area contributed by atoms with Crippen LogP contribution in [-0.4, -0.2) is 85.7 Å². The average molecular weight is 386 g/mol. The average Bonchev–Trinajstić information content (AvgIpc) is 2.44. The van der Waals surface area contributed by atoms with E-state index < -0.39 is 21.7 Å². The van der Waals surface area contributed by atoms with Crippen LogP contribution >= 0.6 is 0 Å². The Morgan fingerprint density at radius 3 is 1.56 bits per heavy atom. The van der Waals surface area contributed by atoms with Crippen LogP contribution in [0, 0.1) is 0 Å². The predicted octanol–water partition coefficient (Wildman–Crippen LogP) is 0.371. The third-order valence-electron chi connectivity index (χ3n) is 2.28. The van der Waals surface area contributed by atoms with Gasteiger partial charge in [0.25, 0.3) is 10.1 Å². The Morgan fingerprint density at radius 1 is 0.760 bits per heavy atom. The van der Waals surface area contributed by atoms with Crippen molar-refractivity contribution in [1.29, 1.82) is 0 Å². The molecule has 0 aliphatic rings. The quantitative estimate of drug-likeness (QED) is 0.224. The Labute approximate surface area is 150 Å². The molecule has 0 saturated carbocycles. The third kappa shape index (κ3) is 21.2. The molecule has 0 bridgehead atoms. The molecule has 0 heterocycles. The van der Waals surface area contributed by atoms with E-state index >= 15 is 0 Å². The van der Waals surface area contributed by atoms with E-state index in [1.807, 2.05) is 0 Å². The van der Waals surface area contributed by atoms with Gasteiger partial charge in [-0.2, -0.15) is 8.42 Å². The second kappa shape index (κ2) is 13.4. The van der Waals surface area contributed by atoms with Crippen LogP contribution in [0.1, 0.15) is 20.8 Å². The molecule has 0 fully saturated rings. The molecule has 25 heavy (non-hydrogen) atoms. The van der Waals surface area contributed by atoms with Crippen LogP contribution in [-0.2, 0) is 42.8 Å².